The standard InChI is InChI=1S/C18H16N4O3/c23-17(12-25-16-2-1-7-19-11-16)21-10-14-3-5-15(6-4-14)18(24)22-9-8-20-13-22/h1-9,11,13H,10,12H2,(H,21,23). The van der Waals surface area contributed by atoms with E-state index >= 15 is 0 Å². The maximum atomic E-state index is 12.1. The molecule has 0 bridgehead atoms. The summed E-state index contributed by atoms with van der Waals surface area (Å²) >= 11 is 0. The molecule has 0 saturated heterocycles. The van der Waals surface area contributed by atoms with Crippen LogP contribution in [0.3, 0.4) is 0 Å². The second kappa shape index (κ2) is 7.87. The second-order valence-corrected chi connectivity index (χ2v) is 5.23. The van der Waals surface area contributed by atoms with Crippen molar-refractivity contribution in [3.63, 3.8) is 0 Å². The van der Waals surface area contributed by atoms with E-state index in [4.69, 9.17) is 4.74 Å². The van der Waals surface area contributed by atoms with E-state index in [1.54, 1.807) is 61.2 Å². The minimum Gasteiger partial charge on any atom is -0.482 e. The van der Waals surface area contributed by atoms with Gasteiger partial charge in [0, 0.05) is 30.7 Å². The molecule has 0 unspecified atom stereocenters. The molecule has 2 aromatic heterocycles. The van der Waals surface area contributed by atoms with Crippen molar-refractivity contribution in [2.24, 2.45) is 0 Å². The van der Waals surface area contributed by atoms with Crippen LogP contribution in [0.25, 0.3) is 0 Å². The van der Waals surface area contributed by atoms with Gasteiger partial charge in [0.15, 0.2) is 6.61 Å². The minimum atomic E-state index is -0.234. The third-order valence-electron chi connectivity index (χ3n) is 3.43. The molecule has 3 aromatic rings. The molecule has 0 radical (unpaired) electrons. The van der Waals surface area contributed by atoms with E-state index in [1.165, 1.54) is 10.9 Å². The summed E-state index contributed by atoms with van der Waals surface area (Å²) in [7, 11) is 0. The van der Waals surface area contributed by atoms with Crippen LogP contribution in [0.4, 0.5) is 0 Å². The van der Waals surface area contributed by atoms with Gasteiger partial charge in [-0.25, -0.2) is 4.98 Å². The topological polar surface area (TPSA) is 86.1 Å². The van der Waals surface area contributed by atoms with Crippen LogP contribution >= 0.6 is 0 Å². The molecular formula is C18H16N4O3. The van der Waals surface area contributed by atoms with E-state index < -0.39 is 0 Å². The van der Waals surface area contributed by atoms with E-state index in [9.17, 15) is 9.59 Å². The zero-order chi connectivity index (χ0) is 17.5. The van der Waals surface area contributed by atoms with Crippen molar-refractivity contribution in [1.29, 1.82) is 0 Å². The first-order chi connectivity index (χ1) is 12.2. The van der Waals surface area contributed by atoms with Crippen LogP contribution in [0.15, 0.2) is 67.5 Å². The first-order valence-electron chi connectivity index (χ1n) is 7.63. The number of carbonyl (C=O) groups is 2. The maximum Gasteiger partial charge on any atom is 0.263 e. The zero-order valence-corrected chi connectivity index (χ0v) is 13.3. The molecule has 25 heavy (non-hydrogen) atoms. The molecule has 7 nitrogen and oxygen atoms in total. The molecule has 3 rings (SSSR count). The number of hydrogen-bond acceptors (Lipinski definition) is 5. The highest BCUT2D eigenvalue weighted by Crippen LogP contribution is 2.07. The van der Waals surface area contributed by atoms with Gasteiger partial charge in [-0.2, -0.15) is 0 Å². The van der Waals surface area contributed by atoms with Crippen LogP contribution in [-0.2, 0) is 11.3 Å². The Hall–Kier alpha value is -3.48. The molecule has 0 spiro atoms. The van der Waals surface area contributed by atoms with Gasteiger partial charge in [-0.15, -0.1) is 0 Å². The van der Waals surface area contributed by atoms with Gasteiger partial charge in [-0.05, 0) is 29.8 Å². The highest BCUT2D eigenvalue weighted by atomic mass is 16.5. The van der Waals surface area contributed by atoms with Crippen LogP contribution < -0.4 is 10.1 Å². The fourth-order valence-electron chi connectivity index (χ4n) is 2.13. The predicted octanol–water partition coefficient (Wildman–Crippen LogP) is 1.66. The summed E-state index contributed by atoms with van der Waals surface area (Å²) in [6.45, 7) is 0.275. The van der Waals surface area contributed by atoms with Crippen LogP contribution in [0.1, 0.15) is 15.9 Å². The molecule has 0 aliphatic heterocycles. The van der Waals surface area contributed by atoms with E-state index in [1.807, 2.05) is 0 Å². The minimum absolute atomic E-state index is 0.0805. The van der Waals surface area contributed by atoms with Gasteiger partial charge in [0.2, 0.25) is 0 Å². The van der Waals surface area contributed by atoms with E-state index in [-0.39, 0.29) is 18.4 Å². The quantitative estimate of drug-likeness (QED) is 0.740. The second-order valence-electron chi connectivity index (χ2n) is 5.23. The van der Waals surface area contributed by atoms with E-state index in [2.05, 4.69) is 15.3 Å². The van der Waals surface area contributed by atoms with Gasteiger partial charge in [0.1, 0.15) is 12.1 Å². The van der Waals surface area contributed by atoms with Gasteiger partial charge < -0.3 is 10.1 Å². The Bertz CT molecular complexity index is 831. The monoisotopic (exact) mass is 336 g/mol. The largest absolute Gasteiger partial charge is 0.482 e. The lowest BCUT2D eigenvalue weighted by atomic mass is 10.1. The van der Waals surface area contributed by atoms with E-state index in [0.717, 1.165) is 5.56 Å². The molecule has 0 saturated carbocycles. The Labute approximate surface area is 144 Å². The van der Waals surface area contributed by atoms with Crippen molar-refractivity contribution in [1.82, 2.24) is 19.9 Å². The third kappa shape index (κ3) is 4.51. The summed E-state index contributed by atoms with van der Waals surface area (Å²) in [5, 5.41) is 2.76. The maximum absolute atomic E-state index is 12.1. The zero-order valence-electron chi connectivity index (χ0n) is 13.3. The molecule has 1 aromatic carbocycles. The van der Waals surface area contributed by atoms with Gasteiger partial charge in [-0.3, -0.25) is 19.1 Å². The Morgan fingerprint density at radius 2 is 1.92 bits per heavy atom. The molecular weight excluding hydrogens is 320 g/mol. The number of nitrogens with one attached hydrogen (secondary N) is 1. The normalized spacial score (nSPS) is 10.2. The molecule has 126 valence electrons. The van der Waals surface area contributed by atoms with Crippen molar-refractivity contribution in [3.8, 4) is 5.75 Å². The number of pyridine rings is 1. The van der Waals surface area contributed by atoms with Gasteiger partial charge in [0.05, 0.1) is 6.20 Å². The Kier molecular flexibility index (Phi) is 5.16. The lowest BCUT2D eigenvalue weighted by Gasteiger charge is -2.08. The molecule has 2 heterocycles. The van der Waals surface area contributed by atoms with Gasteiger partial charge in [0.25, 0.3) is 11.8 Å². The van der Waals surface area contributed by atoms with E-state index in [0.29, 0.717) is 17.9 Å². The first-order valence-corrected chi connectivity index (χ1v) is 7.63. The van der Waals surface area contributed by atoms with Crippen molar-refractivity contribution >= 4 is 11.8 Å². The van der Waals surface area contributed by atoms with Gasteiger partial charge in [-0.1, -0.05) is 12.1 Å². The number of rotatable bonds is 6. The SMILES string of the molecule is O=C(COc1cccnc1)NCc1ccc(C(=O)n2ccnc2)cc1. The molecule has 1 N–H and O–H groups in total. The third-order valence-corrected chi connectivity index (χ3v) is 3.43. The van der Waals surface area contributed by atoms with Gasteiger partial charge >= 0.3 is 0 Å². The summed E-state index contributed by atoms with van der Waals surface area (Å²) in [6, 6.07) is 10.5. The number of ether oxygens (including phenoxy) is 1. The number of benzene rings is 1. The number of nitrogens with zero attached hydrogens (tertiary/aromatic N) is 3. The number of hydrogen-bond donors (Lipinski definition) is 1. The summed E-state index contributed by atoms with van der Waals surface area (Å²) < 4.78 is 6.73. The Balaban J connectivity index is 1.48. The van der Waals surface area contributed by atoms with Crippen LogP contribution in [0, 0.1) is 0 Å². The molecule has 0 aliphatic carbocycles. The summed E-state index contributed by atoms with van der Waals surface area (Å²) in [5.41, 5.74) is 1.44. The smallest absolute Gasteiger partial charge is 0.263 e. The van der Waals surface area contributed by atoms with Crippen LogP contribution in [0.2, 0.25) is 0 Å². The average molecular weight is 336 g/mol. The molecule has 1 amide bonds. The fourth-order valence-corrected chi connectivity index (χ4v) is 2.13. The fraction of sp³-hybridized carbons (Fsp3) is 0.111. The Morgan fingerprint density at radius 1 is 1.08 bits per heavy atom. The van der Waals surface area contributed by atoms with Crippen molar-refractivity contribution in [2.45, 2.75) is 6.54 Å². The molecule has 7 heteroatoms. The van der Waals surface area contributed by atoms with Crippen molar-refractivity contribution in [3.05, 3.63) is 78.6 Å². The molecule has 0 fully saturated rings. The molecule has 0 atom stereocenters. The molecule has 0 aliphatic rings. The first kappa shape index (κ1) is 16.4. The summed E-state index contributed by atoms with van der Waals surface area (Å²) in [6.07, 6.45) is 7.78. The Morgan fingerprint density at radius 3 is 2.60 bits per heavy atom. The van der Waals surface area contributed by atoms with Crippen molar-refractivity contribution in [2.75, 3.05) is 6.61 Å². The average Bonchev–Trinajstić information content (AvgIpc) is 3.20. The lowest BCUT2D eigenvalue weighted by molar-refractivity contribution is -0.123. The highest BCUT2D eigenvalue weighted by Gasteiger charge is 2.08. The number of imidazole rings is 1. The number of carbonyl (C=O) groups excluding carboxylic acids is 2. The van der Waals surface area contributed by atoms with Crippen LogP contribution in [-0.4, -0.2) is 33.0 Å². The predicted molar refractivity (Wildman–Crippen MR) is 90.0 cm³/mol. The lowest BCUT2D eigenvalue weighted by Crippen LogP contribution is -2.28. The number of aromatic nitrogens is 3. The highest BCUT2D eigenvalue weighted by molar-refractivity contribution is 5.95. The van der Waals surface area contributed by atoms with Crippen molar-refractivity contribution < 1.29 is 14.3 Å². The summed E-state index contributed by atoms with van der Waals surface area (Å²) in [4.78, 5) is 31.7. The number of amides is 1. The summed E-state index contributed by atoms with van der Waals surface area (Å²) in [5.74, 6) is 0.153. The van der Waals surface area contributed by atoms with Crippen LogP contribution in [0.5, 0.6) is 5.75 Å².